The Hall–Kier alpha value is -0.240. The quantitative estimate of drug-likeness (QED) is 0.584. The summed E-state index contributed by atoms with van der Waals surface area (Å²) < 4.78 is 28.5. The van der Waals surface area contributed by atoms with E-state index in [4.69, 9.17) is 0 Å². The van der Waals surface area contributed by atoms with Gasteiger partial charge in [0.05, 0.1) is 12.7 Å². The Morgan fingerprint density at radius 3 is 2.92 bits per heavy atom. The van der Waals surface area contributed by atoms with Crippen molar-refractivity contribution in [3.63, 3.8) is 0 Å². The molecule has 0 saturated heterocycles. The molecule has 0 fully saturated rings. The molecule has 2 rings (SSSR count). The molecule has 0 saturated carbocycles. The molecule has 0 unspecified atom stereocenters. The summed E-state index contributed by atoms with van der Waals surface area (Å²) in [5.74, 6) is 0.732. The number of nitrogens with zero attached hydrogens (tertiary/aromatic N) is 3. The Labute approximate surface area is 88.2 Å². The van der Waals surface area contributed by atoms with Crippen molar-refractivity contribution in [2.75, 3.05) is 6.54 Å². The molecule has 0 aliphatic carbocycles. The zero-order chi connectivity index (χ0) is 9.42. The van der Waals surface area contributed by atoms with Crippen molar-refractivity contribution in [3.05, 3.63) is 17.7 Å². The minimum Gasteiger partial charge on any atom is -0.325 e. The zero-order valence-electron chi connectivity index (χ0n) is 6.75. The second-order valence-electron chi connectivity index (χ2n) is 2.90. The van der Waals surface area contributed by atoms with Gasteiger partial charge in [-0.1, -0.05) is 0 Å². The summed E-state index contributed by atoms with van der Waals surface area (Å²) in [6, 6.07) is 0. The fraction of sp³-hybridized carbons (Fsp3) is 0.571. The Morgan fingerprint density at radius 2 is 2.23 bits per heavy atom. The molecule has 1 aliphatic rings. The van der Waals surface area contributed by atoms with E-state index in [0.717, 1.165) is 12.4 Å². The van der Waals surface area contributed by atoms with Crippen molar-refractivity contribution in [1.29, 1.82) is 0 Å². The fourth-order valence-electron chi connectivity index (χ4n) is 1.43. The Bertz CT molecular complexity index is 313. The van der Waals surface area contributed by atoms with E-state index in [9.17, 15) is 8.78 Å². The van der Waals surface area contributed by atoms with Gasteiger partial charge >= 0.3 is 0 Å². The van der Waals surface area contributed by atoms with Gasteiger partial charge in [0.15, 0.2) is 0 Å². The average Bonchev–Trinajstić information content (AvgIpc) is 2.46. The molecule has 3 nitrogen and oxygen atoms in total. The number of aromatic nitrogens is 2. The molecular formula is C7H8F2IN3. The molecule has 6 heteroatoms. The van der Waals surface area contributed by atoms with Crippen LogP contribution in [-0.2, 0) is 13.1 Å². The molecule has 1 aliphatic heterocycles. The molecule has 1 aromatic heterocycles. The molecule has 2 heterocycles. The first-order valence-electron chi connectivity index (χ1n) is 3.91. The summed E-state index contributed by atoms with van der Waals surface area (Å²) in [6.07, 6.45) is -1.14. The van der Waals surface area contributed by atoms with E-state index in [1.165, 1.54) is 6.20 Å². The van der Waals surface area contributed by atoms with E-state index in [-0.39, 0.29) is 5.69 Å². The average molecular weight is 299 g/mol. The van der Waals surface area contributed by atoms with Gasteiger partial charge in [0, 0.05) is 36.0 Å². The highest BCUT2D eigenvalue weighted by Crippen LogP contribution is 2.23. The van der Waals surface area contributed by atoms with Gasteiger partial charge in [-0.3, -0.25) is 0 Å². The van der Waals surface area contributed by atoms with Crippen LogP contribution in [0.2, 0.25) is 0 Å². The molecule has 72 valence electrons. The lowest BCUT2D eigenvalue weighted by molar-refractivity contribution is 0.138. The van der Waals surface area contributed by atoms with E-state index in [2.05, 4.69) is 27.8 Å². The first-order valence-corrected chi connectivity index (χ1v) is 4.88. The number of halogens is 3. The number of fused-ring (bicyclic) bond motifs is 1. The van der Waals surface area contributed by atoms with Crippen molar-refractivity contribution in [1.82, 2.24) is 12.7 Å². The Morgan fingerprint density at radius 1 is 1.46 bits per heavy atom. The number of rotatable bonds is 1. The lowest BCUT2D eigenvalue weighted by Gasteiger charge is -2.22. The molecule has 0 amide bonds. The van der Waals surface area contributed by atoms with E-state index in [1.54, 1.807) is 4.57 Å². The van der Waals surface area contributed by atoms with Gasteiger partial charge in [0.25, 0.3) is 6.43 Å². The summed E-state index contributed by atoms with van der Waals surface area (Å²) in [4.78, 5) is 3.96. The number of hydrogen-bond acceptors (Lipinski definition) is 2. The third-order valence-corrected chi connectivity index (χ3v) is 2.90. The normalized spacial score (nSPS) is 17.8. The van der Waals surface area contributed by atoms with Gasteiger partial charge in [-0.2, -0.15) is 0 Å². The van der Waals surface area contributed by atoms with Gasteiger partial charge in [-0.15, -0.1) is 0 Å². The maximum Gasteiger partial charge on any atom is 0.280 e. The van der Waals surface area contributed by atoms with Gasteiger partial charge in [-0.05, 0) is 0 Å². The highest BCUT2D eigenvalue weighted by atomic mass is 127. The van der Waals surface area contributed by atoms with Gasteiger partial charge in [0.1, 0.15) is 11.5 Å². The summed E-state index contributed by atoms with van der Waals surface area (Å²) in [7, 11) is 0. The Balaban J connectivity index is 2.33. The lowest BCUT2D eigenvalue weighted by Crippen LogP contribution is -2.27. The van der Waals surface area contributed by atoms with Crippen LogP contribution in [0.25, 0.3) is 0 Å². The number of alkyl halides is 2. The third-order valence-electron chi connectivity index (χ3n) is 2.07. The molecule has 13 heavy (non-hydrogen) atoms. The predicted molar refractivity (Wildman–Crippen MR) is 51.6 cm³/mol. The van der Waals surface area contributed by atoms with Crippen LogP contribution in [0.1, 0.15) is 17.9 Å². The van der Waals surface area contributed by atoms with Gasteiger partial charge in [0.2, 0.25) is 0 Å². The van der Waals surface area contributed by atoms with E-state index < -0.39 is 6.43 Å². The molecular weight excluding hydrogens is 291 g/mol. The second kappa shape index (κ2) is 3.49. The van der Waals surface area contributed by atoms with Crippen LogP contribution in [0, 0.1) is 0 Å². The van der Waals surface area contributed by atoms with Crippen molar-refractivity contribution in [2.45, 2.75) is 19.5 Å². The van der Waals surface area contributed by atoms with Crippen molar-refractivity contribution < 1.29 is 8.78 Å². The van der Waals surface area contributed by atoms with E-state index >= 15 is 0 Å². The molecule has 0 spiro atoms. The first kappa shape index (κ1) is 9.32. The molecule has 0 aromatic carbocycles. The van der Waals surface area contributed by atoms with Gasteiger partial charge in [-0.25, -0.2) is 16.9 Å². The van der Waals surface area contributed by atoms with Crippen LogP contribution in [-0.4, -0.2) is 19.2 Å². The van der Waals surface area contributed by atoms with Gasteiger partial charge < -0.3 is 4.57 Å². The second-order valence-corrected chi connectivity index (χ2v) is 4.26. The minimum atomic E-state index is -2.41. The monoisotopic (exact) mass is 299 g/mol. The van der Waals surface area contributed by atoms with Crippen molar-refractivity contribution in [3.8, 4) is 0 Å². The molecule has 1 aromatic rings. The van der Waals surface area contributed by atoms with E-state index in [0.29, 0.717) is 13.1 Å². The summed E-state index contributed by atoms with van der Waals surface area (Å²) in [5, 5.41) is 0. The number of imidazole rings is 1. The van der Waals surface area contributed by atoms with Crippen molar-refractivity contribution in [2.24, 2.45) is 0 Å². The van der Waals surface area contributed by atoms with Crippen LogP contribution < -0.4 is 0 Å². The zero-order valence-corrected chi connectivity index (χ0v) is 8.91. The SMILES string of the molecule is FC(F)c1cnc2n1CCN(I)C2. The summed E-state index contributed by atoms with van der Waals surface area (Å²) in [6.45, 7) is 2.05. The first-order chi connectivity index (χ1) is 6.18. The largest absolute Gasteiger partial charge is 0.325 e. The standard InChI is InChI=1S/C7H8F2IN3/c8-7(9)5-3-11-6-4-12(10)1-2-13(5)6/h3,7H,1-2,4H2. The number of hydrogen-bond donors (Lipinski definition) is 0. The lowest BCUT2D eigenvalue weighted by atomic mass is 10.4. The highest BCUT2D eigenvalue weighted by molar-refractivity contribution is 14.1. The summed E-state index contributed by atoms with van der Waals surface area (Å²) in [5.41, 5.74) is 0.0412. The van der Waals surface area contributed by atoms with Crippen LogP contribution in [0.5, 0.6) is 0 Å². The third kappa shape index (κ3) is 1.69. The smallest absolute Gasteiger partial charge is 0.280 e. The van der Waals surface area contributed by atoms with Crippen molar-refractivity contribution >= 4 is 22.9 Å². The van der Waals surface area contributed by atoms with Crippen LogP contribution in [0.15, 0.2) is 6.20 Å². The molecule has 0 N–H and O–H groups in total. The molecule has 0 radical (unpaired) electrons. The summed E-state index contributed by atoms with van der Waals surface area (Å²) >= 11 is 2.17. The molecule has 0 bridgehead atoms. The topological polar surface area (TPSA) is 21.1 Å². The predicted octanol–water partition coefficient (Wildman–Crippen LogP) is 1.99. The minimum absolute atomic E-state index is 0.0412. The molecule has 0 atom stereocenters. The van der Waals surface area contributed by atoms with Crippen LogP contribution in [0.4, 0.5) is 8.78 Å². The maximum absolute atomic E-state index is 12.4. The van der Waals surface area contributed by atoms with Crippen LogP contribution in [0.3, 0.4) is 0 Å². The maximum atomic E-state index is 12.4. The van der Waals surface area contributed by atoms with E-state index in [1.807, 2.05) is 3.11 Å². The fourth-order valence-corrected chi connectivity index (χ4v) is 1.95. The highest BCUT2D eigenvalue weighted by Gasteiger charge is 2.22. The Kier molecular flexibility index (Phi) is 2.50. The van der Waals surface area contributed by atoms with Crippen LogP contribution >= 0.6 is 22.9 Å².